The molecule has 0 amide bonds. The van der Waals surface area contributed by atoms with Crippen molar-refractivity contribution < 1.29 is 13.6 Å². The average molecular weight is 234 g/mol. The quantitative estimate of drug-likeness (QED) is 0.647. The van der Waals surface area contributed by atoms with Gasteiger partial charge < -0.3 is 13.6 Å². The van der Waals surface area contributed by atoms with Gasteiger partial charge in [-0.15, -0.1) is 0 Å². The van der Waals surface area contributed by atoms with Crippen LogP contribution in [0.4, 0.5) is 0 Å². The molecule has 0 radical (unpaired) electrons. The maximum atomic E-state index is 5.64. The van der Waals surface area contributed by atoms with Crippen molar-refractivity contribution in [2.75, 3.05) is 20.3 Å². The highest BCUT2D eigenvalue weighted by Gasteiger charge is 2.30. The summed E-state index contributed by atoms with van der Waals surface area (Å²) in [6.07, 6.45) is 2.33. The van der Waals surface area contributed by atoms with E-state index < -0.39 is 8.60 Å². The molecular formula is C11H23O3P. The highest BCUT2D eigenvalue weighted by Crippen LogP contribution is 2.45. The molecule has 15 heavy (non-hydrogen) atoms. The Hall–Kier alpha value is 0.310. The summed E-state index contributed by atoms with van der Waals surface area (Å²) in [6.45, 7) is 10.4. The summed E-state index contributed by atoms with van der Waals surface area (Å²) >= 11 is 0. The van der Waals surface area contributed by atoms with Crippen LogP contribution in [0.5, 0.6) is 0 Å². The van der Waals surface area contributed by atoms with Crippen molar-refractivity contribution in [3.63, 3.8) is 0 Å². The van der Waals surface area contributed by atoms with E-state index in [4.69, 9.17) is 13.6 Å². The first-order valence-electron chi connectivity index (χ1n) is 5.45. The molecule has 1 aliphatic rings. The van der Waals surface area contributed by atoms with Crippen molar-refractivity contribution in [1.82, 2.24) is 0 Å². The first-order valence-corrected chi connectivity index (χ1v) is 6.54. The topological polar surface area (TPSA) is 27.7 Å². The molecule has 0 saturated carbocycles. The number of hydrogen-bond donors (Lipinski definition) is 0. The van der Waals surface area contributed by atoms with Gasteiger partial charge in [-0.3, -0.25) is 0 Å². The normalized spacial score (nSPS) is 27.8. The Bertz CT molecular complexity index is 184. The molecule has 3 nitrogen and oxygen atoms in total. The molecule has 1 rings (SSSR count). The molecule has 1 aliphatic heterocycles. The highest BCUT2D eigenvalue weighted by molar-refractivity contribution is 7.41. The molecule has 0 bridgehead atoms. The van der Waals surface area contributed by atoms with E-state index in [1.165, 1.54) is 0 Å². The molecule has 4 heteroatoms. The molecule has 90 valence electrons. The van der Waals surface area contributed by atoms with Crippen LogP contribution in [0.25, 0.3) is 0 Å². The first kappa shape index (κ1) is 13.4. The summed E-state index contributed by atoms with van der Waals surface area (Å²) in [5, 5.41) is 0. The van der Waals surface area contributed by atoms with E-state index in [2.05, 4.69) is 27.7 Å². The summed E-state index contributed by atoms with van der Waals surface area (Å²) in [5.41, 5.74) is 0.425. The van der Waals surface area contributed by atoms with Crippen LogP contribution in [0.2, 0.25) is 0 Å². The van der Waals surface area contributed by atoms with Crippen LogP contribution in [-0.4, -0.2) is 20.3 Å². The van der Waals surface area contributed by atoms with Gasteiger partial charge in [-0.1, -0.05) is 27.7 Å². The van der Waals surface area contributed by atoms with E-state index >= 15 is 0 Å². The lowest BCUT2D eigenvalue weighted by molar-refractivity contribution is 0.127. The van der Waals surface area contributed by atoms with Gasteiger partial charge in [0, 0.05) is 7.11 Å². The van der Waals surface area contributed by atoms with Crippen LogP contribution in [0.1, 0.15) is 40.5 Å². The Balaban J connectivity index is 2.64. The first-order chi connectivity index (χ1) is 6.85. The summed E-state index contributed by atoms with van der Waals surface area (Å²) < 4.78 is 16.5. The molecular weight excluding hydrogens is 211 g/mol. The number of rotatable bonds is 1. The Morgan fingerprint density at radius 2 is 1.33 bits per heavy atom. The van der Waals surface area contributed by atoms with Gasteiger partial charge in [0.2, 0.25) is 0 Å². The molecule has 0 aromatic carbocycles. The molecule has 0 spiro atoms. The van der Waals surface area contributed by atoms with E-state index in [1.807, 2.05) is 0 Å². The third kappa shape index (κ3) is 4.78. The fourth-order valence-corrected chi connectivity index (χ4v) is 2.61. The molecule has 0 N–H and O–H groups in total. The second-order valence-electron chi connectivity index (χ2n) is 5.78. The van der Waals surface area contributed by atoms with Crippen LogP contribution in [0.15, 0.2) is 0 Å². The maximum Gasteiger partial charge on any atom is 0.332 e. The van der Waals surface area contributed by atoms with Crippen molar-refractivity contribution in [3.05, 3.63) is 0 Å². The summed E-state index contributed by atoms with van der Waals surface area (Å²) in [7, 11) is 0.495. The predicted octanol–water partition coefficient (Wildman–Crippen LogP) is 3.74. The van der Waals surface area contributed by atoms with Crippen LogP contribution in [0, 0.1) is 10.8 Å². The van der Waals surface area contributed by atoms with Crippen LogP contribution >= 0.6 is 8.60 Å². The average Bonchev–Trinajstić information content (AvgIpc) is 2.19. The minimum Gasteiger partial charge on any atom is -0.316 e. The standard InChI is InChI=1S/C11H23O3P/c1-10(2)6-7-11(3,4)9-14-15(12-5)13-8-10/h6-9H2,1-5H3. The minimum atomic E-state index is -1.15. The van der Waals surface area contributed by atoms with Crippen molar-refractivity contribution in [2.45, 2.75) is 40.5 Å². The Morgan fingerprint density at radius 1 is 0.933 bits per heavy atom. The summed E-state index contributed by atoms with van der Waals surface area (Å²) in [4.78, 5) is 0. The van der Waals surface area contributed by atoms with Gasteiger partial charge in [0.05, 0.1) is 13.2 Å². The second kappa shape index (κ2) is 5.09. The molecule has 0 unspecified atom stereocenters. The van der Waals surface area contributed by atoms with Gasteiger partial charge in [0.15, 0.2) is 0 Å². The van der Waals surface area contributed by atoms with E-state index in [1.54, 1.807) is 7.11 Å². The lowest BCUT2D eigenvalue weighted by Crippen LogP contribution is -2.22. The fourth-order valence-electron chi connectivity index (χ4n) is 1.42. The highest BCUT2D eigenvalue weighted by atomic mass is 31.2. The third-order valence-electron chi connectivity index (χ3n) is 2.75. The van der Waals surface area contributed by atoms with Gasteiger partial charge in [0.1, 0.15) is 0 Å². The Kier molecular flexibility index (Phi) is 4.54. The zero-order valence-electron chi connectivity index (χ0n) is 10.5. The number of hydrogen-bond acceptors (Lipinski definition) is 3. The van der Waals surface area contributed by atoms with Crippen LogP contribution in [-0.2, 0) is 13.6 Å². The molecule has 1 saturated heterocycles. The molecule has 0 aromatic heterocycles. The minimum absolute atomic E-state index is 0.212. The van der Waals surface area contributed by atoms with Gasteiger partial charge in [-0.05, 0) is 23.7 Å². The van der Waals surface area contributed by atoms with E-state index in [-0.39, 0.29) is 10.8 Å². The maximum absolute atomic E-state index is 5.64. The fraction of sp³-hybridized carbons (Fsp3) is 1.00. The molecule has 0 atom stereocenters. The summed E-state index contributed by atoms with van der Waals surface area (Å²) in [5.74, 6) is 0. The van der Waals surface area contributed by atoms with Gasteiger partial charge in [-0.2, -0.15) is 0 Å². The van der Waals surface area contributed by atoms with Crippen molar-refractivity contribution in [3.8, 4) is 0 Å². The monoisotopic (exact) mass is 234 g/mol. The smallest absolute Gasteiger partial charge is 0.316 e. The zero-order valence-corrected chi connectivity index (χ0v) is 11.4. The van der Waals surface area contributed by atoms with E-state index in [9.17, 15) is 0 Å². The van der Waals surface area contributed by atoms with Crippen LogP contribution in [0.3, 0.4) is 0 Å². The van der Waals surface area contributed by atoms with Gasteiger partial charge in [0.25, 0.3) is 0 Å². The molecule has 1 fully saturated rings. The molecule has 0 aliphatic carbocycles. The zero-order chi connectivity index (χ0) is 11.5. The predicted molar refractivity (Wildman–Crippen MR) is 62.6 cm³/mol. The van der Waals surface area contributed by atoms with Crippen LogP contribution < -0.4 is 0 Å². The molecule has 0 aromatic rings. The molecule has 1 heterocycles. The lowest BCUT2D eigenvalue weighted by Gasteiger charge is -2.27. The van der Waals surface area contributed by atoms with Gasteiger partial charge >= 0.3 is 8.60 Å². The lowest BCUT2D eigenvalue weighted by atomic mass is 9.80. The van der Waals surface area contributed by atoms with E-state index in [0.717, 1.165) is 12.8 Å². The Morgan fingerprint density at radius 3 is 1.67 bits per heavy atom. The van der Waals surface area contributed by atoms with Crippen molar-refractivity contribution >= 4 is 8.60 Å². The SMILES string of the molecule is COP1OCC(C)(C)CCC(C)(C)CO1. The van der Waals surface area contributed by atoms with Crippen molar-refractivity contribution in [2.24, 2.45) is 10.8 Å². The largest absolute Gasteiger partial charge is 0.332 e. The van der Waals surface area contributed by atoms with Gasteiger partial charge in [-0.25, -0.2) is 0 Å². The van der Waals surface area contributed by atoms with Crippen molar-refractivity contribution in [1.29, 1.82) is 0 Å². The van der Waals surface area contributed by atoms with E-state index in [0.29, 0.717) is 13.2 Å². The Labute approximate surface area is 94.5 Å². The third-order valence-corrected chi connectivity index (χ3v) is 3.73. The second-order valence-corrected chi connectivity index (χ2v) is 7.11. The summed E-state index contributed by atoms with van der Waals surface area (Å²) in [6, 6.07) is 0.